The van der Waals surface area contributed by atoms with Crippen molar-refractivity contribution >= 4 is 17.8 Å². The second kappa shape index (κ2) is 9.43. The summed E-state index contributed by atoms with van der Waals surface area (Å²) in [5.41, 5.74) is 2.47. The van der Waals surface area contributed by atoms with Crippen LogP contribution in [-0.4, -0.2) is 34.2 Å². The third-order valence-electron chi connectivity index (χ3n) is 5.11. The van der Waals surface area contributed by atoms with Gasteiger partial charge in [-0.2, -0.15) is 0 Å². The summed E-state index contributed by atoms with van der Waals surface area (Å²) in [5, 5.41) is 0. The smallest absolute Gasteiger partial charge is 0.306 e. The third-order valence-corrected chi connectivity index (χ3v) is 5.11. The molecule has 2 aromatic carbocycles. The summed E-state index contributed by atoms with van der Waals surface area (Å²) in [7, 11) is 0. The second-order valence-corrected chi connectivity index (χ2v) is 7.47. The van der Waals surface area contributed by atoms with E-state index in [-0.39, 0.29) is 31.4 Å². The molecule has 1 aliphatic heterocycles. The van der Waals surface area contributed by atoms with E-state index in [1.165, 1.54) is 4.90 Å². The quantitative estimate of drug-likeness (QED) is 0.391. The van der Waals surface area contributed by atoms with Gasteiger partial charge in [0.2, 0.25) is 0 Å². The molecular weight excluding hydrogens is 408 g/mol. The van der Waals surface area contributed by atoms with E-state index in [9.17, 15) is 14.4 Å². The van der Waals surface area contributed by atoms with E-state index in [0.717, 1.165) is 11.1 Å². The van der Waals surface area contributed by atoms with Crippen molar-refractivity contribution in [1.29, 1.82) is 0 Å². The molecule has 1 aromatic heterocycles. The minimum absolute atomic E-state index is 0.0571. The van der Waals surface area contributed by atoms with Gasteiger partial charge in [-0.25, -0.2) is 0 Å². The van der Waals surface area contributed by atoms with E-state index in [1.807, 2.05) is 25.1 Å². The number of carbonyl (C=O) groups excluding carboxylic acids is 3. The van der Waals surface area contributed by atoms with Gasteiger partial charge in [0.25, 0.3) is 11.8 Å². The summed E-state index contributed by atoms with van der Waals surface area (Å²) in [5.74, 6) is 0.119. The van der Waals surface area contributed by atoms with E-state index in [4.69, 9.17) is 9.47 Å². The Bertz CT molecular complexity index is 1160. The van der Waals surface area contributed by atoms with Crippen molar-refractivity contribution in [3.63, 3.8) is 0 Å². The van der Waals surface area contributed by atoms with Crippen molar-refractivity contribution in [2.24, 2.45) is 0 Å². The lowest BCUT2D eigenvalue weighted by Gasteiger charge is -2.14. The molecule has 4 rings (SSSR count). The first kappa shape index (κ1) is 21.2. The average Bonchev–Trinajstić information content (AvgIpc) is 3.03. The number of aryl methyl sites for hydroxylation is 1. The van der Waals surface area contributed by atoms with Crippen LogP contribution in [0.4, 0.5) is 0 Å². The molecule has 0 radical (unpaired) electrons. The van der Waals surface area contributed by atoms with E-state index < -0.39 is 5.97 Å². The Balaban J connectivity index is 1.28. The summed E-state index contributed by atoms with van der Waals surface area (Å²) in [4.78, 5) is 42.4. The van der Waals surface area contributed by atoms with Crippen LogP contribution in [0.15, 0.2) is 67.0 Å². The topological polar surface area (TPSA) is 85.8 Å². The number of amides is 2. The van der Waals surface area contributed by atoms with Gasteiger partial charge in [0, 0.05) is 24.7 Å². The number of pyridine rings is 1. The van der Waals surface area contributed by atoms with E-state index in [1.54, 1.807) is 48.8 Å². The van der Waals surface area contributed by atoms with E-state index in [2.05, 4.69) is 4.98 Å². The van der Waals surface area contributed by atoms with Crippen LogP contribution >= 0.6 is 0 Å². The number of nitrogens with zero attached hydrogens (tertiary/aromatic N) is 2. The van der Waals surface area contributed by atoms with Crippen LogP contribution in [-0.2, 0) is 16.1 Å². The van der Waals surface area contributed by atoms with Gasteiger partial charge in [-0.1, -0.05) is 29.8 Å². The van der Waals surface area contributed by atoms with E-state index >= 15 is 0 Å². The number of benzene rings is 2. The molecule has 7 heteroatoms. The van der Waals surface area contributed by atoms with Gasteiger partial charge in [-0.3, -0.25) is 24.3 Å². The van der Waals surface area contributed by atoms with Gasteiger partial charge in [0.1, 0.15) is 18.1 Å². The van der Waals surface area contributed by atoms with Crippen LogP contribution in [0, 0.1) is 6.92 Å². The Morgan fingerprint density at radius 2 is 1.81 bits per heavy atom. The monoisotopic (exact) mass is 430 g/mol. The second-order valence-electron chi connectivity index (χ2n) is 7.47. The van der Waals surface area contributed by atoms with Gasteiger partial charge in [0.05, 0.1) is 17.3 Å². The molecule has 0 unspecified atom stereocenters. The molecule has 0 bridgehead atoms. The zero-order valence-corrected chi connectivity index (χ0v) is 17.6. The maximum atomic E-state index is 12.5. The third kappa shape index (κ3) is 4.67. The molecule has 7 nitrogen and oxygen atoms in total. The first-order valence-corrected chi connectivity index (χ1v) is 10.3. The Labute approximate surface area is 185 Å². The molecule has 0 fully saturated rings. The van der Waals surface area contributed by atoms with Crippen molar-refractivity contribution in [2.75, 3.05) is 6.54 Å². The molecule has 0 aliphatic carbocycles. The number of fused-ring (bicyclic) bond motifs is 1. The van der Waals surface area contributed by atoms with Crippen LogP contribution in [0.2, 0.25) is 0 Å². The summed E-state index contributed by atoms with van der Waals surface area (Å²) < 4.78 is 11.2. The molecule has 2 heterocycles. The average molecular weight is 430 g/mol. The lowest BCUT2D eigenvalue weighted by Crippen LogP contribution is -2.31. The number of para-hydroxylation sites is 1. The first-order chi connectivity index (χ1) is 15.5. The predicted octanol–water partition coefficient (Wildman–Crippen LogP) is 4.30. The van der Waals surface area contributed by atoms with Crippen LogP contribution < -0.4 is 4.74 Å². The highest BCUT2D eigenvalue weighted by Gasteiger charge is 2.35. The van der Waals surface area contributed by atoms with Crippen LogP contribution in [0.1, 0.15) is 44.7 Å². The lowest BCUT2D eigenvalue weighted by molar-refractivity contribution is -0.145. The molecule has 3 aromatic rings. The molecule has 2 amide bonds. The van der Waals surface area contributed by atoms with Crippen molar-refractivity contribution in [3.05, 3.63) is 89.2 Å². The first-order valence-electron chi connectivity index (χ1n) is 10.3. The fraction of sp³-hybridized carbons (Fsp3) is 0.200. The Hall–Kier alpha value is -4.00. The predicted molar refractivity (Wildman–Crippen MR) is 116 cm³/mol. The molecule has 1 aliphatic rings. The minimum Gasteiger partial charge on any atom is -0.461 e. The van der Waals surface area contributed by atoms with Crippen LogP contribution in [0.5, 0.6) is 11.5 Å². The maximum Gasteiger partial charge on any atom is 0.306 e. The van der Waals surface area contributed by atoms with Crippen LogP contribution in [0.25, 0.3) is 0 Å². The molecule has 0 spiro atoms. The Morgan fingerprint density at radius 1 is 1.00 bits per heavy atom. The number of hydrogen-bond donors (Lipinski definition) is 0. The SMILES string of the molecule is Cc1ccc2c(c1)C(=O)N(CCCC(=O)OCc1ccccc1Oc1cccnc1)C2=O. The number of rotatable bonds is 8. The van der Waals surface area contributed by atoms with Gasteiger partial charge in [-0.05, 0) is 43.7 Å². The summed E-state index contributed by atoms with van der Waals surface area (Å²) >= 11 is 0. The zero-order valence-electron chi connectivity index (χ0n) is 17.6. The summed E-state index contributed by atoms with van der Waals surface area (Å²) in [6.45, 7) is 2.10. The molecule has 162 valence electrons. The zero-order chi connectivity index (χ0) is 22.5. The highest BCUT2D eigenvalue weighted by atomic mass is 16.5. The van der Waals surface area contributed by atoms with E-state index in [0.29, 0.717) is 29.0 Å². The van der Waals surface area contributed by atoms with Gasteiger partial charge in [-0.15, -0.1) is 0 Å². The Kier molecular flexibility index (Phi) is 6.26. The number of esters is 1. The van der Waals surface area contributed by atoms with Crippen molar-refractivity contribution in [1.82, 2.24) is 9.88 Å². The molecule has 0 N–H and O–H groups in total. The molecular formula is C25H22N2O5. The number of ether oxygens (including phenoxy) is 2. The normalized spacial score (nSPS) is 12.6. The van der Waals surface area contributed by atoms with Gasteiger partial charge >= 0.3 is 5.97 Å². The van der Waals surface area contributed by atoms with Crippen LogP contribution in [0.3, 0.4) is 0 Å². The van der Waals surface area contributed by atoms with Gasteiger partial charge in [0.15, 0.2) is 0 Å². The molecule has 0 saturated heterocycles. The Morgan fingerprint density at radius 3 is 2.62 bits per heavy atom. The van der Waals surface area contributed by atoms with Crippen molar-refractivity contribution in [3.8, 4) is 11.5 Å². The molecule has 0 atom stereocenters. The highest BCUT2D eigenvalue weighted by Crippen LogP contribution is 2.26. The standard InChI is InChI=1S/C25H22N2O5/c1-17-10-11-20-21(14-17)25(30)27(24(20)29)13-5-9-23(28)31-16-18-6-2-3-8-22(18)32-19-7-4-12-26-15-19/h2-4,6-8,10-12,14-15H,5,9,13,16H2,1H3. The molecule has 32 heavy (non-hydrogen) atoms. The summed E-state index contributed by atoms with van der Waals surface area (Å²) in [6, 6.07) is 16.0. The van der Waals surface area contributed by atoms with Crippen molar-refractivity contribution < 1.29 is 23.9 Å². The van der Waals surface area contributed by atoms with Crippen molar-refractivity contribution in [2.45, 2.75) is 26.4 Å². The number of imide groups is 1. The number of aromatic nitrogens is 1. The lowest BCUT2D eigenvalue weighted by atomic mass is 10.1. The minimum atomic E-state index is -0.409. The van der Waals surface area contributed by atoms with Gasteiger partial charge < -0.3 is 9.47 Å². The fourth-order valence-electron chi connectivity index (χ4n) is 3.48. The summed E-state index contributed by atoms with van der Waals surface area (Å²) in [6.07, 6.45) is 3.68. The highest BCUT2D eigenvalue weighted by molar-refractivity contribution is 6.21. The maximum absolute atomic E-state index is 12.5. The number of carbonyl (C=O) groups is 3. The number of hydrogen-bond acceptors (Lipinski definition) is 6. The fourth-order valence-corrected chi connectivity index (χ4v) is 3.48. The largest absolute Gasteiger partial charge is 0.461 e. The molecule has 0 saturated carbocycles.